The Balaban J connectivity index is 1.52. The number of fused-ring (bicyclic) bond motifs is 1. The van der Waals surface area contributed by atoms with Gasteiger partial charge in [-0.15, -0.1) is 0 Å². The van der Waals surface area contributed by atoms with Gasteiger partial charge in [0, 0.05) is 6.42 Å². The molecule has 0 amide bonds. The van der Waals surface area contributed by atoms with E-state index in [1.807, 2.05) is 0 Å². The minimum Gasteiger partial charge on any atom is -0.491 e. The Labute approximate surface area is 160 Å². The van der Waals surface area contributed by atoms with Crippen LogP contribution < -0.4 is 4.74 Å². The molecule has 0 fully saturated rings. The molecular weight excluding hydrogens is 343 g/mol. The van der Waals surface area contributed by atoms with Crippen LogP contribution in [0.25, 0.3) is 0 Å². The monoisotopic (exact) mass is 370 g/mol. The average molecular weight is 370 g/mol. The molecule has 2 aromatic carbocycles. The summed E-state index contributed by atoms with van der Waals surface area (Å²) in [6, 6.07) is 12.1. The maximum Gasteiger partial charge on any atom is 0.341 e. The third-order valence-electron chi connectivity index (χ3n) is 5.09. The van der Waals surface area contributed by atoms with E-state index in [1.165, 1.54) is 11.1 Å². The predicted octanol–water partition coefficient (Wildman–Crippen LogP) is 5.28. The maximum absolute atomic E-state index is 14.4. The van der Waals surface area contributed by atoms with Crippen LogP contribution in [0.3, 0.4) is 0 Å². The summed E-state index contributed by atoms with van der Waals surface area (Å²) in [5, 5.41) is 0. The molecule has 0 aliphatic carbocycles. The van der Waals surface area contributed by atoms with Crippen LogP contribution >= 0.6 is 0 Å². The van der Waals surface area contributed by atoms with Gasteiger partial charge in [-0.3, -0.25) is 0 Å². The number of benzene rings is 2. The van der Waals surface area contributed by atoms with Crippen LogP contribution in [0.5, 0.6) is 5.75 Å². The number of carbonyl (C=O) groups is 1. The average Bonchev–Trinajstić information content (AvgIpc) is 2.68. The molecular formula is C23H27FO3. The summed E-state index contributed by atoms with van der Waals surface area (Å²) in [5.74, 6) is -1.07. The van der Waals surface area contributed by atoms with Crippen LogP contribution in [-0.4, -0.2) is 18.7 Å². The first-order valence-electron chi connectivity index (χ1n) is 9.85. The zero-order valence-electron chi connectivity index (χ0n) is 16.1. The van der Waals surface area contributed by atoms with E-state index in [2.05, 4.69) is 31.2 Å². The zero-order chi connectivity index (χ0) is 19.2. The molecule has 1 heterocycles. The first-order valence-corrected chi connectivity index (χ1v) is 9.85. The Morgan fingerprint density at radius 2 is 1.81 bits per heavy atom. The lowest BCUT2D eigenvalue weighted by Crippen LogP contribution is -2.28. The van der Waals surface area contributed by atoms with Gasteiger partial charge in [-0.1, -0.05) is 37.3 Å². The largest absolute Gasteiger partial charge is 0.491 e. The van der Waals surface area contributed by atoms with Crippen LogP contribution in [0.1, 0.15) is 60.2 Å². The number of rotatable bonds is 8. The molecule has 0 saturated carbocycles. The van der Waals surface area contributed by atoms with Crippen molar-refractivity contribution in [2.24, 2.45) is 0 Å². The third kappa shape index (κ3) is 4.68. The third-order valence-corrected chi connectivity index (χ3v) is 5.09. The van der Waals surface area contributed by atoms with Gasteiger partial charge in [0.15, 0.2) is 11.6 Å². The SMILES string of the molecule is CCOc1ccc2c(c1F)C(=O)OC(CCCCc1ccc(CC)cc1)C2. The molecule has 1 aliphatic rings. The quantitative estimate of drug-likeness (QED) is 0.468. The van der Waals surface area contributed by atoms with Gasteiger partial charge in [0.2, 0.25) is 0 Å². The fourth-order valence-corrected chi connectivity index (χ4v) is 3.56. The summed E-state index contributed by atoms with van der Waals surface area (Å²) in [7, 11) is 0. The van der Waals surface area contributed by atoms with Gasteiger partial charge in [0.1, 0.15) is 11.7 Å². The standard InChI is InChI=1S/C23H27FO3/c1-3-16-9-11-17(12-10-16)7-5-6-8-19-15-18-13-14-20(26-4-2)22(24)21(18)23(25)27-19/h9-14,19H,3-8,15H2,1-2H3. The Morgan fingerprint density at radius 3 is 2.52 bits per heavy atom. The van der Waals surface area contributed by atoms with Crippen molar-refractivity contribution in [3.8, 4) is 5.75 Å². The van der Waals surface area contributed by atoms with Crippen molar-refractivity contribution in [3.63, 3.8) is 0 Å². The molecule has 0 saturated heterocycles. The minimum absolute atomic E-state index is 0.0354. The van der Waals surface area contributed by atoms with Crippen molar-refractivity contribution in [3.05, 3.63) is 64.5 Å². The number of halogens is 1. The zero-order valence-corrected chi connectivity index (χ0v) is 16.1. The lowest BCUT2D eigenvalue weighted by Gasteiger charge is -2.25. The van der Waals surface area contributed by atoms with Crippen LogP contribution in [0.2, 0.25) is 0 Å². The molecule has 0 radical (unpaired) electrons. The minimum atomic E-state index is -0.603. The second kappa shape index (κ2) is 9.03. The molecule has 27 heavy (non-hydrogen) atoms. The second-order valence-electron chi connectivity index (χ2n) is 6.99. The molecule has 1 unspecified atom stereocenters. The number of hydrogen-bond donors (Lipinski definition) is 0. The van der Waals surface area contributed by atoms with Gasteiger partial charge in [0.05, 0.1) is 6.61 Å². The molecule has 0 aromatic heterocycles. The highest BCUT2D eigenvalue weighted by Gasteiger charge is 2.30. The second-order valence-corrected chi connectivity index (χ2v) is 6.99. The summed E-state index contributed by atoms with van der Waals surface area (Å²) in [6.45, 7) is 4.29. The number of cyclic esters (lactones) is 1. The smallest absolute Gasteiger partial charge is 0.341 e. The summed E-state index contributed by atoms with van der Waals surface area (Å²) in [6.07, 6.45) is 5.29. The molecule has 1 atom stereocenters. The fourth-order valence-electron chi connectivity index (χ4n) is 3.56. The van der Waals surface area contributed by atoms with E-state index >= 15 is 0 Å². The van der Waals surface area contributed by atoms with Gasteiger partial charge in [0.25, 0.3) is 0 Å². The highest BCUT2D eigenvalue weighted by Crippen LogP contribution is 2.30. The first kappa shape index (κ1) is 19.4. The Bertz CT molecular complexity index is 783. The molecule has 3 nitrogen and oxygen atoms in total. The lowest BCUT2D eigenvalue weighted by molar-refractivity contribution is 0.0224. The molecule has 3 rings (SSSR count). The highest BCUT2D eigenvalue weighted by molar-refractivity contribution is 5.93. The molecule has 0 spiro atoms. The number of ether oxygens (including phenoxy) is 2. The predicted molar refractivity (Wildman–Crippen MR) is 104 cm³/mol. The van der Waals surface area contributed by atoms with E-state index < -0.39 is 11.8 Å². The number of carbonyl (C=O) groups excluding carboxylic acids is 1. The highest BCUT2D eigenvalue weighted by atomic mass is 19.1. The van der Waals surface area contributed by atoms with Crippen LogP contribution in [0.4, 0.5) is 4.39 Å². The first-order chi connectivity index (χ1) is 13.1. The molecule has 4 heteroatoms. The number of hydrogen-bond acceptors (Lipinski definition) is 3. The molecule has 144 valence electrons. The number of esters is 1. The Morgan fingerprint density at radius 1 is 1.07 bits per heavy atom. The van der Waals surface area contributed by atoms with Crippen LogP contribution in [-0.2, 0) is 24.0 Å². The number of aryl methyl sites for hydroxylation is 2. The summed E-state index contributed by atoms with van der Waals surface area (Å²) < 4.78 is 25.1. The van der Waals surface area contributed by atoms with E-state index in [0.29, 0.717) is 18.6 Å². The molecule has 0 N–H and O–H groups in total. The van der Waals surface area contributed by atoms with Gasteiger partial charge in [-0.25, -0.2) is 9.18 Å². The van der Waals surface area contributed by atoms with E-state index in [-0.39, 0.29) is 17.4 Å². The Kier molecular flexibility index (Phi) is 6.49. The van der Waals surface area contributed by atoms with E-state index in [4.69, 9.17) is 9.47 Å². The molecule has 2 aromatic rings. The van der Waals surface area contributed by atoms with Crippen molar-refractivity contribution in [2.75, 3.05) is 6.61 Å². The molecule has 1 aliphatic heterocycles. The van der Waals surface area contributed by atoms with E-state index in [0.717, 1.165) is 32.1 Å². The fraction of sp³-hybridized carbons (Fsp3) is 0.435. The van der Waals surface area contributed by atoms with Crippen LogP contribution in [0.15, 0.2) is 36.4 Å². The summed E-state index contributed by atoms with van der Waals surface area (Å²) in [4.78, 5) is 12.3. The van der Waals surface area contributed by atoms with E-state index in [1.54, 1.807) is 19.1 Å². The van der Waals surface area contributed by atoms with Crippen molar-refractivity contribution in [2.45, 2.75) is 58.5 Å². The summed E-state index contributed by atoms with van der Waals surface area (Å²) >= 11 is 0. The van der Waals surface area contributed by atoms with Crippen molar-refractivity contribution < 1.29 is 18.7 Å². The molecule has 0 bridgehead atoms. The van der Waals surface area contributed by atoms with E-state index in [9.17, 15) is 9.18 Å². The number of unbranched alkanes of at least 4 members (excludes halogenated alkanes) is 1. The van der Waals surface area contributed by atoms with Crippen molar-refractivity contribution in [1.29, 1.82) is 0 Å². The van der Waals surface area contributed by atoms with Gasteiger partial charge >= 0.3 is 5.97 Å². The van der Waals surface area contributed by atoms with Gasteiger partial charge in [-0.2, -0.15) is 0 Å². The van der Waals surface area contributed by atoms with Gasteiger partial charge < -0.3 is 9.47 Å². The van der Waals surface area contributed by atoms with Crippen LogP contribution in [0, 0.1) is 5.82 Å². The lowest BCUT2D eigenvalue weighted by atomic mass is 9.94. The summed E-state index contributed by atoms with van der Waals surface area (Å²) in [5.41, 5.74) is 3.44. The Hall–Kier alpha value is -2.36. The van der Waals surface area contributed by atoms with Gasteiger partial charge in [-0.05, 0) is 61.8 Å². The maximum atomic E-state index is 14.4. The normalized spacial score (nSPS) is 16.0. The topological polar surface area (TPSA) is 35.5 Å². The van der Waals surface area contributed by atoms with Crippen molar-refractivity contribution >= 4 is 5.97 Å². The van der Waals surface area contributed by atoms with Crippen molar-refractivity contribution in [1.82, 2.24) is 0 Å².